The number of nitrogens with zero attached hydrogens (tertiary/aromatic N) is 3. The van der Waals surface area contributed by atoms with E-state index < -0.39 is 0 Å². The molecule has 0 saturated heterocycles. The van der Waals surface area contributed by atoms with Crippen LogP contribution in [0.1, 0.15) is 54.6 Å². The molecule has 2 aromatic heterocycles. The molecule has 5 nitrogen and oxygen atoms in total. The maximum atomic E-state index is 12.5. The van der Waals surface area contributed by atoms with Crippen LogP contribution in [0.25, 0.3) is 5.82 Å². The molecule has 5 heteroatoms. The van der Waals surface area contributed by atoms with Crippen LogP contribution in [0.5, 0.6) is 0 Å². The molecule has 2 heterocycles. The number of carbonyl (C=O) groups excluding carboxylic acids is 1. The van der Waals surface area contributed by atoms with Crippen LogP contribution in [0.2, 0.25) is 0 Å². The molecule has 0 unspecified atom stereocenters. The summed E-state index contributed by atoms with van der Waals surface area (Å²) < 4.78 is 1.81. The first-order valence-corrected chi connectivity index (χ1v) is 8.00. The first-order chi connectivity index (χ1) is 10.7. The molecule has 1 aliphatic carbocycles. The SMILES string of the molecule is Cc1cc(C(=O)NC2CCCCCC2)nc(-n2ccnc2)c1. The van der Waals surface area contributed by atoms with Gasteiger partial charge in [0.25, 0.3) is 5.91 Å². The van der Waals surface area contributed by atoms with Gasteiger partial charge in [-0.05, 0) is 37.5 Å². The second-order valence-corrected chi connectivity index (χ2v) is 6.02. The number of rotatable bonds is 3. The predicted octanol–water partition coefficient (Wildman–Crippen LogP) is 3.03. The fourth-order valence-corrected chi connectivity index (χ4v) is 2.98. The molecule has 22 heavy (non-hydrogen) atoms. The molecular formula is C17H22N4O. The normalized spacial score (nSPS) is 16.2. The molecule has 1 saturated carbocycles. The Labute approximate surface area is 130 Å². The highest BCUT2D eigenvalue weighted by atomic mass is 16.1. The van der Waals surface area contributed by atoms with E-state index in [1.54, 1.807) is 12.5 Å². The smallest absolute Gasteiger partial charge is 0.270 e. The Kier molecular flexibility index (Phi) is 4.51. The van der Waals surface area contributed by atoms with Crippen molar-refractivity contribution in [2.75, 3.05) is 0 Å². The van der Waals surface area contributed by atoms with Gasteiger partial charge in [-0.25, -0.2) is 9.97 Å². The van der Waals surface area contributed by atoms with Gasteiger partial charge < -0.3 is 5.32 Å². The van der Waals surface area contributed by atoms with E-state index in [0.717, 1.165) is 24.2 Å². The highest BCUT2D eigenvalue weighted by molar-refractivity contribution is 5.92. The van der Waals surface area contributed by atoms with E-state index in [2.05, 4.69) is 15.3 Å². The van der Waals surface area contributed by atoms with Gasteiger partial charge in [0, 0.05) is 18.4 Å². The van der Waals surface area contributed by atoms with Crippen molar-refractivity contribution < 1.29 is 4.79 Å². The van der Waals surface area contributed by atoms with Crippen LogP contribution in [-0.2, 0) is 0 Å². The maximum Gasteiger partial charge on any atom is 0.270 e. The zero-order valence-corrected chi connectivity index (χ0v) is 13.0. The van der Waals surface area contributed by atoms with Gasteiger partial charge in [0.15, 0.2) is 0 Å². The summed E-state index contributed by atoms with van der Waals surface area (Å²) in [4.78, 5) is 21.0. The van der Waals surface area contributed by atoms with Crippen molar-refractivity contribution >= 4 is 5.91 Å². The van der Waals surface area contributed by atoms with Gasteiger partial charge >= 0.3 is 0 Å². The van der Waals surface area contributed by atoms with Crippen molar-refractivity contribution in [2.45, 2.75) is 51.5 Å². The predicted molar refractivity (Wildman–Crippen MR) is 85.1 cm³/mol. The summed E-state index contributed by atoms with van der Waals surface area (Å²) in [5.74, 6) is 0.653. The maximum absolute atomic E-state index is 12.5. The number of nitrogens with one attached hydrogen (secondary N) is 1. The summed E-state index contributed by atoms with van der Waals surface area (Å²) in [6, 6.07) is 4.07. The topological polar surface area (TPSA) is 59.8 Å². The molecular weight excluding hydrogens is 276 g/mol. The molecule has 1 N–H and O–H groups in total. The van der Waals surface area contributed by atoms with Gasteiger partial charge in [-0.15, -0.1) is 0 Å². The minimum Gasteiger partial charge on any atom is -0.348 e. The Hall–Kier alpha value is -2.17. The van der Waals surface area contributed by atoms with Crippen molar-refractivity contribution in [3.8, 4) is 5.82 Å². The molecule has 2 aromatic rings. The molecule has 0 aliphatic heterocycles. The van der Waals surface area contributed by atoms with Crippen LogP contribution >= 0.6 is 0 Å². The third-order valence-electron chi connectivity index (χ3n) is 4.15. The zero-order chi connectivity index (χ0) is 15.4. The molecule has 0 aromatic carbocycles. The lowest BCUT2D eigenvalue weighted by Gasteiger charge is -2.16. The van der Waals surface area contributed by atoms with Crippen LogP contribution < -0.4 is 5.32 Å². The quantitative estimate of drug-likeness (QED) is 0.886. The van der Waals surface area contributed by atoms with Gasteiger partial charge in [-0.1, -0.05) is 25.7 Å². The van der Waals surface area contributed by atoms with Crippen LogP contribution in [0.3, 0.4) is 0 Å². The summed E-state index contributed by atoms with van der Waals surface area (Å²) in [6.45, 7) is 1.98. The van der Waals surface area contributed by atoms with Crippen molar-refractivity contribution in [1.29, 1.82) is 0 Å². The molecule has 0 bridgehead atoms. The highest BCUT2D eigenvalue weighted by Gasteiger charge is 2.17. The Morgan fingerprint density at radius 2 is 2.00 bits per heavy atom. The van der Waals surface area contributed by atoms with Crippen molar-refractivity contribution in [3.63, 3.8) is 0 Å². The minimum atomic E-state index is -0.0723. The Balaban J connectivity index is 1.77. The van der Waals surface area contributed by atoms with Gasteiger partial charge in [0.05, 0.1) is 0 Å². The lowest BCUT2D eigenvalue weighted by atomic mass is 10.1. The van der Waals surface area contributed by atoms with E-state index in [4.69, 9.17) is 0 Å². The van der Waals surface area contributed by atoms with Crippen LogP contribution in [0, 0.1) is 6.92 Å². The van der Waals surface area contributed by atoms with E-state index >= 15 is 0 Å². The molecule has 116 valence electrons. The van der Waals surface area contributed by atoms with Crippen molar-refractivity contribution in [2.24, 2.45) is 0 Å². The summed E-state index contributed by atoms with van der Waals surface area (Å²) in [5.41, 5.74) is 1.50. The van der Waals surface area contributed by atoms with E-state index in [1.165, 1.54) is 25.7 Å². The largest absolute Gasteiger partial charge is 0.348 e. The molecule has 3 rings (SSSR count). The Morgan fingerprint density at radius 1 is 1.23 bits per heavy atom. The van der Waals surface area contributed by atoms with Crippen LogP contribution in [0.15, 0.2) is 30.9 Å². The third-order valence-corrected chi connectivity index (χ3v) is 4.15. The Bertz CT molecular complexity index is 628. The van der Waals surface area contributed by atoms with E-state index in [-0.39, 0.29) is 11.9 Å². The fraction of sp³-hybridized carbons (Fsp3) is 0.471. The standard InChI is InChI=1S/C17H22N4O/c1-13-10-15(20-16(11-13)21-9-8-18-12-21)17(22)19-14-6-4-2-3-5-7-14/h8-12,14H,2-7H2,1H3,(H,19,22). The van der Waals surface area contributed by atoms with E-state index in [1.807, 2.05) is 29.8 Å². The number of aromatic nitrogens is 3. The number of hydrogen-bond acceptors (Lipinski definition) is 3. The lowest BCUT2D eigenvalue weighted by molar-refractivity contribution is 0.0928. The molecule has 0 spiro atoms. The van der Waals surface area contributed by atoms with Crippen LogP contribution in [0.4, 0.5) is 0 Å². The average Bonchev–Trinajstić information content (AvgIpc) is 2.93. The van der Waals surface area contributed by atoms with Crippen molar-refractivity contribution in [1.82, 2.24) is 19.9 Å². The minimum absolute atomic E-state index is 0.0723. The first-order valence-electron chi connectivity index (χ1n) is 8.00. The molecule has 0 radical (unpaired) electrons. The third kappa shape index (κ3) is 3.53. The number of aryl methyl sites for hydroxylation is 1. The van der Waals surface area contributed by atoms with E-state index in [0.29, 0.717) is 5.69 Å². The van der Waals surface area contributed by atoms with Gasteiger partial charge in [0.1, 0.15) is 17.8 Å². The van der Waals surface area contributed by atoms with Gasteiger partial charge in [-0.3, -0.25) is 9.36 Å². The molecule has 1 fully saturated rings. The van der Waals surface area contributed by atoms with Gasteiger partial charge in [0.2, 0.25) is 0 Å². The summed E-state index contributed by atoms with van der Waals surface area (Å²) >= 11 is 0. The monoisotopic (exact) mass is 298 g/mol. The van der Waals surface area contributed by atoms with E-state index in [9.17, 15) is 4.79 Å². The Morgan fingerprint density at radius 3 is 2.68 bits per heavy atom. The van der Waals surface area contributed by atoms with Crippen molar-refractivity contribution in [3.05, 3.63) is 42.1 Å². The lowest BCUT2D eigenvalue weighted by Crippen LogP contribution is -2.35. The number of carbonyl (C=O) groups is 1. The summed E-state index contributed by atoms with van der Waals surface area (Å²) in [6.07, 6.45) is 12.3. The number of hydrogen-bond donors (Lipinski definition) is 1. The van der Waals surface area contributed by atoms with Gasteiger partial charge in [-0.2, -0.15) is 0 Å². The second kappa shape index (κ2) is 6.73. The van der Waals surface area contributed by atoms with Crippen LogP contribution in [-0.4, -0.2) is 26.5 Å². The first kappa shape index (κ1) is 14.8. The highest BCUT2D eigenvalue weighted by Crippen LogP contribution is 2.18. The molecule has 0 atom stereocenters. The number of amides is 1. The fourth-order valence-electron chi connectivity index (χ4n) is 2.98. The summed E-state index contributed by atoms with van der Waals surface area (Å²) in [5, 5.41) is 3.15. The second-order valence-electron chi connectivity index (χ2n) is 6.02. The zero-order valence-electron chi connectivity index (χ0n) is 13.0. The summed E-state index contributed by atoms with van der Waals surface area (Å²) in [7, 11) is 0. The average molecular weight is 298 g/mol. The number of pyridine rings is 1. The number of imidazole rings is 1. The molecule has 1 amide bonds. The molecule has 1 aliphatic rings.